The topological polar surface area (TPSA) is 70.7 Å². The zero-order chi connectivity index (χ0) is 19.0. The van der Waals surface area contributed by atoms with Gasteiger partial charge in [0.1, 0.15) is 11.6 Å². The Balaban J connectivity index is 1.61. The number of hydrogen-bond donors (Lipinski definition) is 2. The van der Waals surface area contributed by atoms with E-state index in [9.17, 15) is 14.0 Å². The van der Waals surface area contributed by atoms with Crippen molar-refractivity contribution in [3.8, 4) is 5.75 Å². The summed E-state index contributed by atoms with van der Waals surface area (Å²) in [5.74, 6) is 0.0551. The molecule has 0 spiro atoms. The summed E-state index contributed by atoms with van der Waals surface area (Å²) >= 11 is 0. The highest BCUT2D eigenvalue weighted by Crippen LogP contribution is 2.34. The van der Waals surface area contributed by atoms with Crippen LogP contribution in [0.3, 0.4) is 0 Å². The molecule has 2 aromatic rings. The van der Waals surface area contributed by atoms with Crippen LogP contribution < -0.4 is 15.4 Å². The second-order valence-corrected chi connectivity index (χ2v) is 6.45. The van der Waals surface area contributed by atoms with Gasteiger partial charge in [0.2, 0.25) is 0 Å². The highest BCUT2D eigenvalue weighted by molar-refractivity contribution is 6.01. The molecule has 0 bridgehead atoms. The van der Waals surface area contributed by atoms with Gasteiger partial charge in [-0.2, -0.15) is 0 Å². The van der Waals surface area contributed by atoms with Gasteiger partial charge in [-0.25, -0.2) is 9.18 Å². The number of rotatable bonds is 4. The van der Waals surface area contributed by atoms with Gasteiger partial charge in [0.15, 0.2) is 0 Å². The number of hydrogen-bond acceptors (Lipinski definition) is 3. The highest BCUT2D eigenvalue weighted by atomic mass is 19.1. The fourth-order valence-corrected chi connectivity index (χ4v) is 3.45. The molecule has 0 aromatic heterocycles. The lowest BCUT2D eigenvalue weighted by molar-refractivity contribution is -0.126. The molecule has 2 aromatic carbocycles. The number of urea groups is 1. The minimum Gasteiger partial charge on any atom is -0.497 e. The Labute approximate surface area is 155 Å². The summed E-state index contributed by atoms with van der Waals surface area (Å²) < 4.78 is 19.4. The zero-order valence-electron chi connectivity index (χ0n) is 14.7. The average Bonchev–Trinajstić information content (AvgIpc) is 2.97. The maximum absolute atomic E-state index is 14.3. The molecule has 0 radical (unpaired) electrons. The summed E-state index contributed by atoms with van der Waals surface area (Å²) in [5.41, 5.74) is 2.11. The van der Waals surface area contributed by atoms with Crippen LogP contribution >= 0.6 is 0 Å². The Bertz CT molecular complexity index is 940. The first-order valence-corrected chi connectivity index (χ1v) is 8.54. The second-order valence-electron chi connectivity index (χ2n) is 6.45. The molecular formula is C20H18FN3O3. The van der Waals surface area contributed by atoms with Crippen LogP contribution in [0.4, 0.5) is 9.18 Å². The lowest BCUT2D eigenvalue weighted by atomic mass is 9.96. The first-order valence-electron chi connectivity index (χ1n) is 8.54. The van der Waals surface area contributed by atoms with Crippen LogP contribution in [0.15, 0.2) is 59.8 Å². The van der Waals surface area contributed by atoms with E-state index in [0.717, 1.165) is 11.3 Å². The molecule has 2 aliphatic rings. The number of carbonyl (C=O) groups excluding carboxylic acids is 2. The monoisotopic (exact) mass is 367 g/mol. The van der Waals surface area contributed by atoms with Crippen LogP contribution in [-0.2, 0) is 11.3 Å². The van der Waals surface area contributed by atoms with Gasteiger partial charge in [-0.1, -0.05) is 30.3 Å². The van der Waals surface area contributed by atoms with Crippen molar-refractivity contribution in [3.63, 3.8) is 0 Å². The number of amides is 3. The Morgan fingerprint density at radius 2 is 1.89 bits per heavy atom. The van der Waals surface area contributed by atoms with Gasteiger partial charge in [0, 0.05) is 12.1 Å². The van der Waals surface area contributed by atoms with Gasteiger partial charge in [0.05, 0.1) is 31.0 Å². The number of benzene rings is 2. The molecular weight excluding hydrogens is 349 g/mol. The predicted molar refractivity (Wildman–Crippen MR) is 96.2 cm³/mol. The van der Waals surface area contributed by atoms with E-state index >= 15 is 0 Å². The van der Waals surface area contributed by atoms with Crippen molar-refractivity contribution in [1.29, 1.82) is 0 Å². The minimum absolute atomic E-state index is 0.221. The Morgan fingerprint density at radius 3 is 2.59 bits per heavy atom. The molecule has 27 heavy (non-hydrogen) atoms. The van der Waals surface area contributed by atoms with Crippen molar-refractivity contribution in [3.05, 3.63) is 76.7 Å². The summed E-state index contributed by atoms with van der Waals surface area (Å²) in [6.07, 6.45) is 0. The van der Waals surface area contributed by atoms with E-state index in [1.807, 2.05) is 24.3 Å². The predicted octanol–water partition coefficient (Wildman–Crippen LogP) is 2.48. The van der Waals surface area contributed by atoms with Gasteiger partial charge >= 0.3 is 6.03 Å². The summed E-state index contributed by atoms with van der Waals surface area (Å²) in [6, 6.07) is 12.3. The van der Waals surface area contributed by atoms with Gasteiger partial charge < -0.3 is 20.3 Å². The standard InChI is InChI=1S/C20H18FN3O3/c1-27-13-8-6-12(7-9-13)10-24-11-16-17(19(24)25)18(23-20(26)22-16)14-4-2-3-5-15(14)21/h2-9,18H,10-11H2,1H3,(H2,22,23,26)/t18-/m1/s1. The minimum atomic E-state index is -0.802. The summed E-state index contributed by atoms with van der Waals surface area (Å²) in [5, 5.41) is 5.35. The number of ether oxygens (including phenoxy) is 1. The van der Waals surface area contributed by atoms with E-state index in [1.165, 1.54) is 6.07 Å². The van der Waals surface area contributed by atoms with Crippen molar-refractivity contribution in [2.24, 2.45) is 0 Å². The lowest BCUT2D eigenvalue weighted by Gasteiger charge is -2.25. The van der Waals surface area contributed by atoms with Crippen molar-refractivity contribution < 1.29 is 18.7 Å². The summed E-state index contributed by atoms with van der Waals surface area (Å²) in [6.45, 7) is 0.661. The van der Waals surface area contributed by atoms with Crippen LogP contribution in [0.2, 0.25) is 0 Å². The van der Waals surface area contributed by atoms with Crippen molar-refractivity contribution in [1.82, 2.24) is 15.5 Å². The first-order chi connectivity index (χ1) is 13.1. The molecule has 4 rings (SSSR count). The lowest BCUT2D eigenvalue weighted by Crippen LogP contribution is -2.44. The molecule has 138 valence electrons. The van der Waals surface area contributed by atoms with Crippen molar-refractivity contribution >= 4 is 11.9 Å². The SMILES string of the molecule is COc1ccc(CN2CC3=C(C2=O)[C@@H](c2ccccc2F)NC(=O)N3)cc1. The fraction of sp³-hybridized carbons (Fsp3) is 0.200. The number of nitrogens with zero attached hydrogens (tertiary/aromatic N) is 1. The summed E-state index contributed by atoms with van der Waals surface area (Å²) in [4.78, 5) is 26.7. The molecule has 0 saturated heterocycles. The van der Waals surface area contributed by atoms with Crippen molar-refractivity contribution in [2.45, 2.75) is 12.6 Å². The van der Waals surface area contributed by atoms with Crippen LogP contribution in [-0.4, -0.2) is 30.5 Å². The van der Waals surface area contributed by atoms with Crippen LogP contribution in [0, 0.1) is 5.82 Å². The van der Waals surface area contributed by atoms with Crippen LogP contribution in [0.5, 0.6) is 5.75 Å². The third-order valence-electron chi connectivity index (χ3n) is 4.77. The maximum Gasteiger partial charge on any atom is 0.319 e. The second kappa shape index (κ2) is 6.75. The number of carbonyl (C=O) groups is 2. The number of methoxy groups -OCH3 is 1. The van der Waals surface area contributed by atoms with Gasteiger partial charge in [-0.05, 0) is 23.8 Å². The Morgan fingerprint density at radius 1 is 1.15 bits per heavy atom. The van der Waals surface area contributed by atoms with E-state index in [4.69, 9.17) is 4.74 Å². The largest absolute Gasteiger partial charge is 0.497 e. The smallest absolute Gasteiger partial charge is 0.319 e. The van der Waals surface area contributed by atoms with E-state index in [-0.39, 0.29) is 18.0 Å². The highest BCUT2D eigenvalue weighted by Gasteiger charge is 2.41. The van der Waals surface area contributed by atoms with E-state index < -0.39 is 17.9 Å². The normalized spacial score (nSPS) is 18.9. The van der Waals surface area contributed by atoms with Gasteiger partial charge in [-0.15, -0.1) is 0 Å². The zero-order valence-corrected chi connectivity index (χ0v) is 14.7. The molecule has 0 unspecified atom stereocenters. The quantitative estimate of drug-likeness (QED) is 0.872. The van der Waals surface area contributed by atoms with Gasteiger partial charge in [-0.3, -0.25) is 4.79 Å². The molecule has 3 amide bonds. The molecule has 0 fully saturated rings. The molecule has 0 aliphatic carbocycles. The summed E-state index contributed by atoms with van der Waals surface area (Å²) in [7, 11) is 1.59. The Hall–Kier alpha value is -3.35. The average molecular weight is 367 g/mol. The molecule has 0 saturated carbocycles. The fourth-order valence-electron chi connectivity index (χ4n) is 3.45. The van der Waals surface area contributed by atoms with E-state index in [1.54, 1.807) is 30.2 Å². The molecule has 6 nitrogen and oxygen atoms in total. The van der Waals surface area contributed by atoms with Gasteiger partial charge in [0.25, 0.3) is 5.91 Å². The number of halogens is 1. The maximum atomic E-state index is 14.3. The Kier molecular flexibility index (Phi) is 4.27. The first kappa shape index (κ1) is 17.1. The third-order valence-corrected chi connectivity index (χ3v) is 4.77. The third kappa shape index (κ3) is 3.12. The molecule has 7 heteroatoms. The van der Waals surface area contributed by atoms with E-state index in [2.05, 4.69) is 10.6 Å². The van der Waals surface area contributed by atoms with E-state index in [0.29, 0.717) is 17.8 Å². The molecule has 2 heterocycles. The molecule has 2 aliphatic heterocycles. The number of nitrogens with one attached hydrogen (secondary N) is 2. The van der Waals surface area contributed by atoms with Crippen LogP contribution in [0.25, 0.3) is 0 Å². The van der Waals surface area contributed by atoms with Crippen LogP contribution in [0.1, 0.15) is 17.2 Å². The van der Waals surface area contributed by atoms with Crippen molar-refractivity contribution in [2.75, 3.05) is 13.7 Å². The molecule has 2 N–H and O–H groups in total. The molecule has 1 atom stereocenters.